The highest BCUT2D eigenvalue weighted by molar-refractivity contribution is 6.99. The molecular formula is C37H54O8Si. The molecule has 8 nitrogen and oxygen atoms in total. The zero-order chi connectivity index (χ0) is 32.6. The molecule has 3 rings (SSSR count). The van der Waals surface area contributed by atoms with Gasteiger partial charge in [-0.2, -0.15) is 0 Å². The molecule has 3 aromatic carbocycles. The van der Waals surface area contributed by atoms with E-state index < -0.39 is 8.32 Å². The van der Waals surface area contributed by atoms with Crippen LogP contribution in [0.25, 0.3) is 0 Å². The predicted molar refractivity (Wildman–Crippen MR) is 185 cm³/mol. The van der Waals surface area contributed by atoms with E-state index in [1.54, 1.807) is 0 Å². The summed E-state index contributed by atoms with van der Waals surface area (Å²) in [6.45, 7) is 14.8. The summed E-state index contributed by atoms with van der Waals surface area (Å²) >= 11 is 0. The van der Waals surface area contributed by atoms with E-state index in [4.69, 9.17) is 37.6 Å². The zero-order valence-corrected chi connectivity index (χ0v) is 29.0. The average Bonchev–Trinajstić information content (AvgIpc) is 3.07. The maximum absolute atomic E-state index is 6.84. The van der Waals surface area contributed by atoms with Crippen molar-refractivity contribution in [2.45, 2.75) is 32.4 Å². The Bertz CT molecular complexity index is 1090. The van der Waals surface area contributed by atoms with Crippen LogP contribution in [0.3, 0.4) is 0 Å². The van der Waals surface area contributed by atoms with Crippen molar-refractivity contribution in [3.63, 3.8) is 0 Å². The van der Waals surface area contributed by atoms with Crippen LogP contribution >= 0.6 is 0 Å². The summed E-state index contributed by atoms with van der Waals surface area (Å²) in [5, 5.41) is 2.49. The summed E-state index contributed by atoms with van der Waals surface area (Å²) in [6.07, 6.45) is 0. The van der Waals surface area contributed by atoms with Gasteiger partial charge < -0.3 is 37.6 Å². The molecule has 3 aromatic rings. The fraction of sp³-hybridized carbons (Fsp3) is 0.514. The molecule has 0 unspecified atom stereocenters. The second-order valence-corrected chi connectivity index (χ2v) is 16.0. The smallest absolute Gasteiger partial charge is 0.261 e. The molecule has 0 saturated heterocycles. The number of rotatable bonds is 26. The molecule has 0 fully saturated rings. The molecule has 254 valence electrons. The van der Waals surface area contributed by atoms with Crippen LogP contribution in [-0.2, 0) is 44.2 Å². The van der Waals surface area contributed by atoms with Crippen molar-refractivity contribution in [3.8, 4) is 0 Å². The lowest BCUT2D eigenvalue weighted by molar-refractivity contribution is -0.0219. The number of benzene rings is 3. The highest BCUT2D eigenvalue weighted by atomic mass is 28.4. The molecule has 0 heterocycles. The van der Waals surface area contributed by atoms with Crippen LogP contribution in [0.15, 0.2) is 91.0 Å². The number of hydrogen-bond acceptors (Lipinski definition) is 8. The lowest BCUT2D eigenvalue weighted by Crippen LogP contribution is -2.66. The van der Waals surface area contributed by atoms with Crippen molar-refractivity contribution >= 4 is 18.7 Å². The Labute approximate surface area is 277 Å². The first-order chi connectivity index (χ1) is 22.5. The first kappa shape index (κ1) is 38.0. The molecular weight excluding hydrogens is 600 g/mol. The van der Waals surface area contributed by atoms with Gasteiger partial charge in [-0.25, -0.2) is 0 Å². The third kappa shape index (κ3) is 14.1. The molecule has 9 heteroatoms. The zero-order valence-electron chi connectivity index (χ0n) is 28.0. The molecule has 0 aliphatic heterocycles. The van der Waals surface area contributed by atoms with Crippen LogP contribution in [-0.4, -0.2) is 101 Å². The van der Waals surface area contributed by atoms with Crippen molar-refractivity contribution in [1.29, 1.82) is 0 Å². The Morgan fingerprint density at radius 3 is 1.04 bits per heavy atom. The fourth-order valence-corrected chi connectivity index (χ4v) is 9.64. The molecule has 0 radical (unpaired) electrons. The molecule has 0 spiro atoms. The van der Waals surface area contributed by atoms with Crippen molar-refractivity contribution in [2.24, 2.45) is 0 Å². The van der Waals surface area contributed by atoms with E-state index in [0.717, 1.165) is 5.56 Å². The maximum atomic E-state index is 6.84. The van der Waals surface area contributed by atoms with Gasteiger partial charge in [-0.15, -0.1) is 0 Å². The molecule has 0 atom stereocenters. The summed E-state index contributed by atoms with van der Waals surface area (Å²) in [5.74, 6) is 0. The van der Waals surface area contributed by atoms with Gasteiger partial charge in [-0.05, 0) is 21.0 Å². The Kier molecular flexibility index (Phi) is 19.0. The topological polar surface area (TPSA) is 73.8 Å². The highest BCUT2D eigenvalue weighted by Gasteiger charge is 2.49. The minimum Gasteiger partial charge on any atom is -0.405 e. The highest BCUT2D eigenvalue weighted by Crippen LogP contribution is 2.36. The molecule has 0 saturated carbocycles. The van der Waals surface area contributed by atoms with E-state index in [9.17, 15) is 0 Å². The van der Waals surface area contributed by atoms with Crippen LogP contribution in [0.2, 0.25) is 5.04 Å². The standard InChI is InChI=1S/C37H54O8Si/c1-37(2,3)46(35-15-9-5-10-16-35,36-17-11-6-12-18-36)45-32-31-43-28-27-41-24-23-39-20-19-38-21-22-40-25-26-42-29-30-44-33-34-13-7-4-8-14-34/h4-18H,19-33H2,1-3H3. The number of ether oxygens (including phenoxy) is 7. The molecule has 0 aliphatic rings. The van der Waals surface area contributed by atoms with E-state index in [1.807, 2.05) is 30.3 Å². The summed E-state index contributed by atoms with van der Waals surface area (Å²) in [4.78, 5) is 0. The van der Waals surface area contributed by atoms with Gasteiger partial charge in [0.15, 0.2) is 0 Å². The van der Waals surface area contributed by atoms with Gasteiger partial charge in [0, 0.05) is 0 Å². The Morgan fingerprint density at radius 2 is 0.696 bits per heavy atom. The first-order valence-electron chi connectivity index (χ1n) is 16.4. The maximum Gasteiger partial charge on any atom is 0.261 e. The van der Waals surface area contributed by atoms with Crippen LogP contribution in [0, 0.1) is 0 Å². The van der Waals surface area contributed by atoms with E-state index in [2.05, 4.69) is 81.4 Å². The summed E-state index contributed by atoms with van der Waals surface area (Å²) < 4.78 is 46.1. The molecule has 0 amide bonds. The van der Waals surface area contributed by atoms with Gasteiger partial charge in [0.1, 0.15) is 0 Å². The van der Waals surface area contributed by atoms with Crippen LogP contribution in [0.4, 0.5) is 0 Å². The van der Waals surface area contributed by atoms with Gasteiger partial charge in [0.25, 0.3) is 8.32 Å². The normalized spacial score (nSPS) is 12.1. The lowest BCUT2D eigenvalue weighted by Gasteiger charge is -2.43. The SMILES string of the molecule is CC(C)(C)[Si](OCCOCCOCCOCCOCCOCCOCCOCc1ccccc1)(c1ccccc1)c1ccccc1. The lowest BCUT2D eigenvalue weighted by atomic mass is 10.2. The van der Waals surface area contributed by atoms with Crippen LogP contribution < -0.4 is 10.4 Å². The first-order valence-corrected chi connectivity index (χ1v) is 18.3. The van der Waals surface area contributed by atoms with Crippen molar-refractivity contribution in [2.75, 3.05) is 92.5 Å². The predicted octanol–water partition coefficient (Wildman–Crippen LogP) is 4.88. The largest absolute Gasteiger partial charge is 0.405 e. The Balaban J connectivity index is 1.11. The van der Waals surface area contributed by atoms with E-state index in [0.29, 0.717) is 99.1 Å². The molecule has 46 heavy (non-hydrogen) atoms. The third-order valence-electron chi connectivity index (χ3n) is 7.31. The van der Waals surface area contributed by atoms with Crippen LogP contribution in [0.1, 0.15) is 26.3 Å². The van der Waals surface area contributed by atoms with Crippen molar-refractivity contribution in [3.05, 3.63) is 96.6 Å². The van der Waals surface area contributed by atoms with E-state index >= 15 is 0 Å². The monoisotopic (exact) mass is 654 g/mol. The fourth-order valence-electron chi connectivity index (χ4n) is 5.10. The van der Waals surface area contributed by atoms with Crippen LogP contribution in [0.5, 0.6) is 0 Å². The number of hydrogen-bond donors (Lipinski definition) is 0. The van der Waals surface area contributed by atoms with Crippen molar-refractivity contribution < 1.29 is 37.6 Å². The second kappa shape index (κ2) is 23.0. The molecule has 0 N–H and O–H groups in total. The summed E-state index contributed by atoms with van der Waals surface area (Å²) in [6, 6.07) is 31.4. The minimum atomic E-state index is -2.53. The van der Waals surface area contributed by atoms with Gasteiger partial charge in [0.05, 0.1) is 99.1 Å². The summed E-state index contributed by atoms with van der Waals surface area (Å²) in [7, 11) is -2.53. The third-order valence-corrected chi connectivity index (χ3v) is 12.3. The Morgan fingerprint density at radius 1 is 0.391 bits per heavy atom. The van der Waals surface area contributed by atoms with E-state index in [1.165, 1.54) is 10.4 Å². The van der Waals surface area contributed by atoms with E-state index in [-0.39, 0.29) is 5.04 Å². The molecule has 0 aromatic heterocycles. The summed E-state index contributed by atoms with van der Waals surface area (Å²) in [5.41, 5.74) is 1.16. The quantitative estimate of drug-likeness (QED) is 0.0897. The van der Waals surface area contributed by atoms with Gasteiger partial charge in [-0.3, -0.25) is 0 Å². The van der Waals surface area contributed by atoms with Gasteiger partial charge in [-0.1, -0.05) is 112 Å². The average molecular weight is 655 g/mol. The van der Waals surface area contributed by atoms with Crippen molar-refractivity contribution in [1.82, 2.24) is 0 Å². The Hall–Kier alpha value is -2.44. The van der Waals surface area contributed by atoms with Gasteiger partial charge >= 0.3 is 0 Å². The second-order valence-electron chi connectivity index (χ2n) is 11.7. The van der Waals surface area contributed by atoms with Gasteiger partial charge in [0.2, 0.25) is 0 Å². The molecule has 0 aliphatic carbocycles. The minimum absolute atomic E-state index is 0.0492. The molecule has 0 bridgehead atoms.